The van der Waals surface area contributed by atoms with Crippen LogP contribution in [0.3, 0.4) is 0 Å². The number of anilines is 1. The van der Waals surface area contributed by atoms with Crippen molar-refractivity contribution in [3.8, 4) is 5.69 Å². The van der Waals surface area contributed by atoms with Crippen molar-refractivity contribution in [3.63, 3.8) is 0 Å². The molecule has 0 saturated carbocycles. The van der Waals surface area contributed by atoms with E-state index >= 15 is 0 Å². The van der Waals surface area contributed by atoms with Crippen LogP contribution in [-0.4, -0.2) is 33.6 Å². The minimum atomic E-state index is -0.489. The molecule has 0 aliphatic heterocycles. The standard InChI is InChI=1S/C17H23FN4O2/c1-11(2)6-14(10-23)21-17(24)20-13-4-5-16(15(18)7-13)22-9-12(3)8-19-22/h4-5,7-9,11,14,23H,6,10H2,1-3H3,(H2,20,21,24). The van der Waals surface area contributed by atoms with Gasteiger partial charge in [-0.1, -0.05) is 13.8 Å². The van der Waals surface area contributed by atoms with Crippen LogP contribution in [0.5, 0.6) is 0 Å². The van der Waals surface area contributed by atoms with Gasteiger partial charge in [0, 0.05) is 11.9 Å². The molecule has 6 nitrogen and oxygen atoms in total. The smallest absolute Gasteiger partial charge is 0.319 e. The van der Waals surface area contributed by atoms with Crippen molar-refractivity contribution in [1.29, 1.82) is 0 Å². The van der Waals surface area contributed by atoms with Crippen LogP contribution in [0.25, 0.3) is 5.69 Å². The number of aryl methyl sites for hydroxylation is 1. The summed E-state index contributed by atoms with van der Waals surface area (Å²) in [6.07, 6.45) is 4.02. The first-order valence-electron chi connectivity index (χ1n) is 7.88. The van der Waals surface area contributed by atoms with Crippen molar-refractivity contribution in [3.05, 3.63) is 42.0 Å². The molecule has 24 heavy (non-hydrogen) atoms. The largest absolute Gasteiger partial charge is 0.394 e. The molecular weight excluding hydrogens is 311 g/mol. The summed E-state index contributed by atoms with van der Waals surface area (Å²) < 4.78 is 15.7. The van der Waals surface area contributed by atoms with Crippen LogP contribution in [0, 0.1) is 18.7 Å². The Labute approximate surface area is 140 Å². The van der Waals surface area contributed by atoms with E-state index in [-0.39, 0.29) is 12.6 Å². The molecule has 0 fully saturated rings. The molecule has 1 unspecified atom stereocenters. The fourth-order valence-electron chi connectivity index (χ4n) is 2.42. The van der Waals surface area contributed by atoms with E-state index in [1.165, 1.54) is 10.7 Å². The Balaban J connectivity index is 2.02. The molecule has 0 radical (unpaired) electrons. The van der Waals surface area contributed by atoms with Crippen LogP contribution in [0.15, 0.2) is 30.6 Å². The highest BCUT2D eigenvalue weighted by Crippen LogP contribution is 2.18. The van der Waals surface area contributed by atoms with Crippen molar-refractivity contribution < 1.29 is 14.3 Å². The molecule has 3 N–H and O–H groups in total. The molecule has 2 aromatic rings. The summed E-state index contributed by atoms with van der Waals surface area (Å²) in [6.45, 7) is 5.74. The zero-order valence-electron chi connectivity index (χ0n) is 14.1. The summed E-state index contributed by atoms with van der Waals surface area (Å²) >= 11 is 0. The third-order valence-corrected chi connectivity index (χ3v) is 3.48. The molecule has 1 aromatic carbocycles. The van der Waals surface area contributed by atoms with E-state index in [1.807, 2.05) is 20.8 Å². The fraction of sp³-hybridized carbons (Fsp3) is 0.412. The maximum atomic E-state index is 14.2. The molecule has 0 aliphatic carbocycles. The maximum absolute atomic E-state index is 14.2. The Hall–Kier alpha value is -2.41. The van der Waals surface area contributed by atoms with Crippen LogP contribution in [-0.2, 0) is 0 Å². The number of aromatic nitrogens is 2. The lowest BCUT2D eigenvalue weighted by molar-refractivity contribution is 0.214. The van der Waals surface area contributed by atoms with Gasteiger partial charge in [0.1, 0.15) is 5.69 Å². The Morgan fingerprint density at radius 1 is 1.42 bits per heavy atom. The number of carbonyl (C=O) groups excluding carboxylic acids is 1. The number of aliphatic hydroxyl groups is 1. The van der Waals surface area contributed by atoms with E-state index < -0.39 is 11.8 Å². The summed E-state index contributed by atoms with van der Waals surface area (Å²) in [7, 11) is 0. The number of carbonyl (C=O) groups is 1. The quantitative estimate of drug-likeness (QED) is 0.760. The third kappa shape index (κ3) is 4.79. The highest BCUT2D eigenvalue weighted by atomic mass is 19.1. The van der Waals surface area contributed by atoms with Crippen molar-refractivity contribution in [1.82, 2.24) is 15.1 Å². The van der Waals surface area contributed by atoms with Gasteiger partial charge in [-0.3, -0.25) is 0 Å². The van der Waals surface area contributed by atoms with Crippen LogP contribution in [0.1, 0.15) is 25.8 Å². The number of rotatable bonds is 6. The summed E-state index contributed by atoms with van der Waals surface area (Å²) in [6, 6.07) is 3.58. The van der Waals surface area contributed by atoms with Gasteiger partial charge >= 0.3 is 6.03 Å². The number of aliphatic hydroxyl groups excluding tert-OH is 1. The molecule has 0 spiro atoms. The average Bonchev–Trinajstić information content (AvgIpc) is 2.92. The lowest BCUT2D eigenvalue weighted by Crippen LogP contribution is -2.41. The minimum absolute atomic E-state index is 0.141. The number of nitrogens with one attached hydrogen (secondary N) is 2. The predicted molar refractivity (Wildman–Crippen MR) is 90.7 cm³/mol. The van der Waals surface area contributed by atoms with Crippen molar-refractivity contribution in [2.24, 2.45) is 5.92 Å². The van der Waals surface area contributed by atoms with Gasteiger partial charge < -0.3 is 15.7 Å². The van der Waals surface area contributed by atoms with Gasteiger partial charge in [-0.15, -0.1) is 0 Å². The van der Waals surface area contributed by atoms with Gasteiger partial charge in [-0.2, -0.15) is 5.10 Å². The Morgan fingerprint density at radius 2 is 2.17 bits per heavy atom. The Morgan fingerprint density at radius 3 is 2.71 bits per heavy atom. The number of nitrogens with zero attached hydrogens (tertiary/aromatic N) is 2. The topological polar surface area (TPSA) is 79.2 Å². The Bertz CT molecular complexity index is 700. The van der Waals surface area contributed by atoms with Crippen LogP contribution >= 0.6 is 0 Å². The average molecular weight is 334 g/mol. The lowest BCUT2D eigenvalue weighted by Gasteiger charge is -2.18. The first kappa shape index (κ1) is 17.9. The van der Waals surface area contributed by atoms with Crippen molar-refractivity contribution >= 4 is 11.7 Å². The van der Waals surface area contributed by atoms with E-state index in [9.17, 15) is 14.3 Å². The number of urea groups is 1. The van der Waals surface area contributed by atoms with E-state index in [2.05, 4.69) is 15.7 Å². The van der Waals surface area contributed by atoms with Crippen LogP contribution < -0.4 is 10.6 Å². The third-order valence-electron chi connectivity index (χ3n) is 3.48. The van der Waals surface area contributed by atoms with Crippen LogP contribution in [0.4, 0.5) is 14.9 Å². The first-order chi connectivity index (χ1) is 11.4. The fourth-order valence-corrected chi connectivity index (χ4v) is 2.42. The summed E-state index contributed by atoms with van der Waals surface area (Å²) in [5.74, 6) is -0.145. The zero-order chi connectivity index (χ0) is 17.7. The monoisotopic (exact) mass is 334 g/mol. The molecule has 2 amide bonds. The molecule has 7 heteroatoms. The molecule has 0 bridgehead atoms. The van der Waals surface area contributed by atoms with Crippen molar-refractivity contribution in [2.45, 2.75) is 33.2 Å². The lowest BCUT2D eigenvalue weighted by atomic mass is 10.0. The molecule has 130 valence electrons. The van der Waals surface area contributed by atoms with Gasteiger partial charge in [0.05, 0.1) is 18.8 Å². The molecule has 1 atom stereocenters. The number of hydrogen-bond acceptors (Lipinski definition) is 3. The molecular formula is C17H23FN4O2. The molecule has 2 rings (SSSR count). The van der Waals surface area contributed by atoms with E-state index in [0.29, 0.717) is 23.7 Å². The second-order valence-electron chi connectivity index (χ2n) is 6.24. The minimum Gasteiger partial charge on any atom is -0.394 e. The van der Waals surface area contributed by atoms with Crippen molar-refractivity contribution in [2.75, 3.05) is 11.9 Å². The van der Waals surface area contributed by atoms with Gasteiger partial charge in [0.25, 0.3) is 0 Å². The van der Waals surface area contributed by atoms with E-state index in [1.54, 1.807) is 24.5 Å². The van der Waals surface area contributed by atoms with E-state index in [0.717, 1.165) is 5.56 Å². The van der Waals surface area contributed by atoms with Gasteiger partial charge in [-0.25, -0.2) is 13.9 Å². The number of benzene rings is 1. The second kappa shape index (κ2) is 7.92. The molecule has 1 heterocycles. The normalized spacial score (nSPS) is 12.2. The number of hydrogen-bond donors (Lipinski definition) is 3. The summed E-state index contributed by atoms with van der Waals surface area (Å²) in [4.78, 5) is 12.0. The van der Waals surface area contributed by atoms with Gasteiger partial charge in [0.15, 0.2) is 5.82 Å². The maximum Gasteiger partial charge on any atom is 0.319 e. The van der Waals surface area contributed by atoms with Gasteiger partial charge in [-0.05, 0) is 43.0 Å². The highest BCUT2D eigenvalue weighted by molar-refractivity contribution is 5.89. The Kier molecular flexibility index (Phi) is 5.92. The second-order valence-corrected chi connectivity index (χ2v) is 6.24. The van der Waals surface area contributed by atoms with Gasteiger partial charge in [0.2, 0.25) is 0 Å². The summed E-state index contributed by atoms with van der Waals surface area (Å²) in [5.41, 5.74) is 1.57. The SMILES string of the molecule is Cc1cnn(-c2ccc(NC(=O)NC(CO)CC(C)C)cc2F)c1. The predicted octanol–water partition coefficient (Wildman–Crippen LogP) is 2.85. The highest BCUT2D eigenvalue weighted by Gasteiger charge is 2.14. The zero-order valence-corrected chi connectivity index (χ0v) is 14.1. The number of amides is 2. The molecule has 1 aromatic heterocycles. The molecule has 0 saturated heterocycles. The van der Waals surface area contributed by atoms with Crippen LogP contribution in [0.2, 0.25) is 0 Å². The number of halogens is 1. The summed E-state index contributed by atoms with van der Waals surface area (Å²) in [5, 5.41) is 18.6. The molecule has 0 aliphatic rings. The van der Waals surface area contributed by atoms with E-state index in [4.69, 9.17) is 0 Å². The first-order valence-corrected chi connectivity index (χ1v) is 7.88.